The number of benzene rings is 1. The first-order valence-corrected chi connectivity index (χ1v) is 6.86. The lowest BCUT2D eigenvalue weighted by atomic mass is 9.99. The minimum absolute atomic E-state index is 0.210. The third-order valence-corrected chi connectivity index (χ3v) is 3.69. The second-order valence-electron chi connectivity index (χ2n) is 5.45. The van der Waals surface area contributed by atoms with Crippen molar-refractivity contribution in [3.05, 3.63) is 29.3 Å². The van der Waals surface area contributed by atoms with E-state index in [2.05, 4.69) is 17.0 Å². The average molecular weight is 261 g/mol. The molecule has 104 valence electrons. The van der Waals surface area contributed by atoms with Crippen LogP contribution in [0.4, 0.5) is 5.69 Å². The molecule has 4 nitrogen and oxygen atoms in total. The molecule has 0 bridgehead atoms. The highest BCUT2D eigenvalue weighted by atomic mass is 16.2. The van der Waals surface area contributed by atoms with E-state index in [0.29, 0.717) is 6.42 Å². The largest absolute Gasteiger partial charge is 0.399 e. The summed E-state index contributed by atoms with van der Waals surface area (Å²) in [6.07, 6.45) is 2.64. The maximum Gasteiger partial charge on any atom is 0.222 e. The molecule has 1 aromatic carbocycles. The number of nitrogens with zero attached hydrogens (tertiary/aromatic N) is 2. The summed E-state index contributed by atoms with van der Waals surface area (Å²) in [5.74, 6) is 0.210. The molecule has 0 saturated carbocycles. The van der Waals surface area contributed by atoms with Crippen LogP contribution >= 0.6 is 0 Å². The first kappa shape index (κ1) is 13.9. The molecule has 1 heterocycles. The maximum absolute atomic E-state index is 11.5. The number of nitrogens with two attached hydrogens (primary N) is 1. The summed E-state index contributed by atoms with van der Waals surface area (Å²) in [5.41, 5.74) is 9.42. The Morgan fingerprint density at radius 3 is 2.89 bits per heavy atom. The van der Waals surface area contributed by atoms with E-state index in [0.717, 1.165) is 38.2 Å². The van der Waals surface area contributed by atoms with Crippen LogP contribution in [-0.4, -0.2) is 42.9 Å². The van der Waals surface area contributed by atoms with Crippen molar-refractivity contribution in [2.45, 2.75) is 25.8 Å². The van der Waals surface area contributed by atoms with Crippen molar-refractivity contribution < 1.29 is 4.79 Å². The van der Waals surface area contributed by atoms with Gasteiger partial charge in [-0.2, -0.15) is 0 Å². The maximum atomic E-state index is 11.5. The molecule has 0 saturated heterocycles. The van der Waals surface area contributed by atoms with Gasteiger partial charge in [0.25, 0.3) is 0 Å². The lowest BCUT2D eigenvalue weighted by molar-refractivity contribution is -0.128. The van der Waals surface area contributed by atoms with Crippen molar-refractivity contribution in [3.8, 4) is 0 Å². The van der Waals surface area contributed by atoms with Gasteiger partial charge in [0.1, 0.15) is 0 Å². The Bertz CT molecular complexity index is 457. The summed E-state index contributed by atoms with van der Waals surface area (Å²) >= 11 is 0. The van der Waals surface area contributed by atoms with Gasteiger partial charge in [0.2, 0.25) is 5.91 Å². The molecule has 1 amide bonds. The third-order valence-electron chi connectivity index (χ3n) is 3.69. The van der Waals surface area contributed by atoms with Crippen molar-refractivity contribution in [3.63, 3.8) is 0 Å². The van der Waals surface area contributed by atoms with Gasteiger partial charge in [-0.1, -0.05) is 6.07 Å². The molecule has 4 heteroatoms. The second kappa shape index (κ2) is 6.06. The van der Waals surface area contributed by atoms with Crippen LogP contribution in [0.3, 0.4) is 0 Å². The summed E-state index contributed by atoms with van der Waals surface area (Å²) in [5, 5.41) is 0. The van der Waals surface area contributed by atoms with Gasteiger partial charge < -0.3 is 10.6 Å². The number of hydrogen-bond donors (Lipinski definition) is 1. The van der Waals surface area contributed by atoms with Gasteiger partial charge in [-0.3, -0.25) is 9.69 Å². The molecule has 19 heavy (non-hydrogen) atoms. The van der Waals surface area contributed by atoms with E-state index in [9.17, 15) is 4.79 Å². The number of nitrogen functional groups attached to an aromatic ring is 1. The molecule has 2 N–H and O–H groups in total. The lowest BCUT2D eigenvalue weighted by Gasteiger charge is -2.29. The van der Waals surface area contributed by atoms with Gasteiger partial charge in [-0.25, -0.2) is 0 Å². The van der Waals surface area contributed by atoms with Crippen LogP contribution in [0.15, 0.2) is 18.2 Å². The summed E-state index contributed by atoms with van der Waals surface area (Å²) in [7, 11) is 3.62. The fourth-order valence-electron chi connectivity index (χ4n) is 2.50. The number of fused-ring (bicyclic) bond motifs is 1. The Morgan fingerprint density at radius 1 is 1.37 bits per heavy atom. The number of carbonyl (C=O) groups is 1. The Kier molecular flexibility index (Phi) is 4.43. The minimum Gasteiger partial charge on any atom is -0.399 e. The van der Waals surface area contributed by atoms with E-state index < -0.39 is 0 Å². The number of anilines is 1. The highest BCUT2D eigenvalue weighted by Gasteiger charge is 2.16. The number of carbonyl (C=O) groups excluding carboxylic acids is 1. The van der Waals surface area contributed by atoms with Crippen molar-refractivity contribution in [1.29, 1.82) is 0 Å². The molecule has 1 aliphatic heterocycles. The fourth-order valence-corrected chi connectivity index (χ4v) is 2.50. The fraction of sp³-hybridized carbons (Fsp3) is 0.533. The second-order valence-corrected chi connectivity index (χ2v) is 5.45. The molecule has 1 aliphatic rings. The molecule has 0 fully saturated rings. The SMILES string of the molecule is CN(C)C(=O)CCCN1CCc2ccc(N)cc2C1. The minimum atomic E-state index is 0.210. The van der Waals surface area contributed by atoms with Crippen LogP contribution in [0.25, 0.3) is 0 Å². The number of rotatable bonds is 4. The Hall–Kier alpha value is -1.55. The van der Waals surface area contributed by atoms with E-state index in [1.165, 1.54) is 11.1 Å². The monoisotopic (exact) mass is 261 g/mol. The Labute approximate surface area is 115 Å². The first-order valence-electron chi connectivity index (χ1n) is 6.86. The van der Waals surface area contributed by atoms with Crippen LogP contribution in [0.1, 0.15) is 24.0 Å². The van der Waals surface area contributed by atoms with Crippen LogP contribution in [0.2, 0.25) is 0 Å². The van der Waals surface area contributed by atoms with Crippen LogP contribution in [0, 0.1) is 0 Å². The molecule has 0 radical (unpaired) electrons. The van der Waals surface area contributed by atoms with Crippen molar-refractivity contribution >= 4 is 11.6 Å². The van der Waals surface area contributed by atoms with E-state index >= 15 is 0 Å². The van der Waals surface area contributed by atoms with Gasteiger partial charge in [0.15, 0.2) is 0 Å². The van der Waals surface area contributed by atoms with Gasteiger partial charge in [-0.15, -0.1) is 0 Å². The molecule has 0 atom stereocenters. The zero-order chi connectivity index (χ0) is 13.8. The quantitative estimate of drug-likeness (QED) is 0.836. The normalized spacial score (nSPS) is 15.1. The Balaban J connectivity index is 1.83. The van der Waals surface area contributed by atoms with Crippen molar-refractivity contribution in [1.82, 2.24) is 9.80 Å². The predicted molar refractivity (Wildman–Crippen MR) is 77.8 cm³/mol. The topological polar surface area (TPSA) is 49.6 Å². The standard InChI is InChI=1S/C15H23N3O/c1-17(2)15(19)4-3-8-18-9-7-12-5-6-14(16)10-13(12)11-18/h5-6,10H,3-4,7-9,11,16H2,1-2H3. The van der Waals surface area contributed by atoms with E-state index in [-0.39, 0.29) is 5.91 Å². The molecule has 0 unspecified atom stereocenters. The van der Waals surface area contributed by atoms with Crippen LogP contribution in [0.5, 0.6) is 0 Å². The molecular weight excluding hydrogens is 238 g/mol. The highest BCUT2D eigenvalue weighted by Crippen LogP contribution is 2.21. The zero-order valence-corrected chi connectivity index (χ0v) is 11.9. The average Bonchev–Trinajstić information content (AvgIpc) is 2.38. The van der Waals surface area contributed by atoms with E-state index in [1.807, 2.05) is 20.2 Å². The molecular formula is C15H23N3O. The highest BCUT2D eigenvalue weighted by molar-refractivity contribution is 5.75. The van der Waals surface area contributed by atoms with Gasteiger partial charge in [0.05, 0.1) is 0 Å². The Morgan fingerprint density at radius 2 is 2.16 bits per heavy atom. The van der Waals surface area contributed by atoms with Crippen molar-refractivity contribution in [2.75, 3.05) is 32.9 Å². The first-order chi connectivity index (χ1) is 9.06. The molecule has 1 aromatic rings. The van der Waals surface area contributed by atoms with E-state index in [1.54, 1.807) is 4.90 Å². The van der Waals surface area contributed by atoms with Gasteiger partial charge >= 0.3 is 0 Å². The van der Waals surface area contributed by atoms with Gasteiger partial charge in [0, 0.05) is 39.3 Å². The number of amides is 1. The molecule has 0 spiro atoms. The summed E-state index contributed by atoms with van der Waals surface area (Å²) in [4.78, 5) is 15.6. The smallest absolute Gasteiger partial charge is 0.222 e. The van der Waals surface area contributed by atoms with E-state index in [4.69, 9.17) is 5.73 Å². The van der Waals surface area contributed by atoms with Crippen molar-refractivity contribution in [2.24, 2.45) is 0 Å². The zero-order valence-electron chi connectivity index (χ0n) is 11.9. The van der Waals surface area contributed by atoms with Crippen LogP contribution in [-0.2, 0) is 17.8 Å². The summed E-state index contributed by atoms with van der Waals surface area (Å²) < 4.78 is 0. The summed E-state index contributed by atoms with van der Waals surface area (Å²) in [6, 6.07) is 6.19. The van der Waals surface area contributed by atoms with Crippen LogP contribution < -0.4 is 5.73 Å². The van der Waals surface area contributed by atoms with Gasteiger partial charge in [-0.05, 0) is 42.6 Å². The molecule has 0 aliphatic carbocycles. The summed E-state index contributed by atoms with van der Waals surface area (Å²) in [6.45, 7) is 3.01. The third kappa shape index (κ3) is 3.70. The number of hydrogen-bond acceptors (Lipinski definition) is 3. The molecule has 2 rings (SSSR count). The predicted octanol–water partition coefficient (Wildman–Crippen LogP) is 1.50. The lowest BCUT2D eigenvalue weighted by Crippen LogP contribution is -2.32. The molecule has 0 aromatic heterocycles.